The van der Waals surface area contributed by atoms with E-state index in [0.29, 0.717) is 26.5 Å². The predicted octanol–water partition coefficient (Wildman–Crippen LogP) is 4.27. The molecule has 0 aliphatic rings. The number of fused-ring (bicyclic) bond motifs is 1. The monoisotopic (exact) mass is 356 g/mol. The van der Waals surface area contributed by atoms with Gasteiger partial charge in [0.05, 0.1) is 5.69 Å². The van der Waals surface area contributed by atoms with Crippen LogP contribution in [0.5, 0.6) is 0 Å². The summed E-state index contributed by atoms with van der Waals surface area (Å²) < 4.78 is 33.8. The number of anilines is 1. The Morgan fingerprint density at radius 3 is 2.64 bits per heavy atom. The predicted molar refractivity (Wildman–Crippen MR) is 88.4 cm³/mol. The summed E-state index contributed by atoms with van der Waals surface area (Å²) in [7, 11) is -3.79. The number of nitrogens with zero attached hydrogens (tertiary/aromatic N) is 1. The smallest absolute Gasteiger partial charge is 0.265 e. The molecule has 0 aliphatic carbocycles. The summed E-state index contributed by atoms with van der Waals surface area (Å²) in [5.41, 5.74) is 1.31. The fraction of sp³-hybridized carbons (Fsp3) is 0.214. The minimum atomic E-state index is -3.79. The molecule has 2 heterocycles. The zero-order chi connectivity index (χ0) is 16.1. The van der Waals surface area contributed by atoms with E-state index in [2.05, 4.69) is 9.88 Å². The molecule has 0 fully saturated rings. The number of sulfonamides is 1. The lowest BCUT2D eigenvalue weighted by molar-refractivity contribution is 0.430. The SMILES string of the molecule is Cc1noc(NS(=O)(=O)c2c(C)sc3ccc(Cl)cc23)c1C. The number of halogens is 1. The Kier molecular flexibility index (Phi) is 3.66. The zero-order valence-corrected chi connectivity index (χ0v) is 14.5. The van der Waals surface area contributed by atoms with Gasteiger partial charge in [0, 0.05) is 25.5 Å². The Morgan fingerprint density at radius 2 is 2.00 bits per heavy atom. The van der Waals surface area contributed by atoms with Crippen molar-refractivity contribution >= 4 is 48.9 Å². The van der Waals surface area contributed by atoms with Crippen LogP contribution in [0, 0.1) is 20.8 Å². The van der Waals surface area contributed by atoms with Crippen molar-refractivity contribution in [2.45, 2.75) is 25.7 Å². The van der Waals surface area contributed by atoms with Gasteiger partial charge in [-0.2, -0.15) is 0 Å². The van der Waals surface area contributed by atoms with Gasteiger partial charge in [0.2, 0.25) is 5.88 Å². The molecule has 5 nitrogen and oxygen atoms in total. The molecule has 0 saturated carbocycles. The molecular weight excluding hydrogens is 344 g/mol. The molecule has 1 aromatic carbocycles. The topological polar surface area (TPSA) is 72.2 Å². The molecule has 0 spiro atoms. The first kappa shape index (κ1) is 15.3. The van der Waals surface area contributed by atoms with E-state index in [4.69, 9.17) is 16.1 Å². The van der Waals surface area contributed by atoms with Crippen LogP contribution in [0.3, 0.4) is 0 Å². The minimum Gasteiger partial charge on any atom is -0.337 e. The fourth-order valence-corrected chi connectivity index (χ4v) is 5.19. The van der Waals surface area contributed by atoms with Crippen molar-refractivity contribution in [3.05, 3.63) is 39.4 Å². The van der Waals surface area contributed by atoms with Crippen molar-refractivity contribution in [3.8, 4) is 0 Å². The third kappa shape index (κ3) is 2.49. The normalized spacial score (nSPS) is 12.0. The average molecular weight is 357 g/mol. The summed E-state index contributed by atoms with van der Waals surface area (Å²) in [6.07, 6.45) is 0. The number of benzene rings is 1. The molecule has 22 heavy (non-hydrogen) atoms. The average Bonchev–Trinajstić information content (AvgIpc) is 2.92. The third-order valence-corrected chi connectivity index (χ3v) is 6.39. The van der Waals surface area contributed by atoms with Gasteiger partial charge in [0.25, 0.3) is 10.0 Å². The van der Waals surface area contributed by atoms with Crippen molar-refractivity contribution in [1.29, 1.82) is 0 Å². The Morgan fingerprint density at radius 1 is 1.27 bits per heavy atom. The lowest BCUT2D eigenvalue weighted by Crippen LogP contribution is -2.13. The molecular formula is C14H13ClN2O3S2. The number of nitrogens with one attached hydrogen (secondary N) is 1. The standard InChI is InChI=1S/C14H13ClN2O3S2/c1-7-8(2)16-20-14(7)17-22(18,19)13-9(3)21-12-5-4-10(15)6-11(12)13/h4-6,17H,1-3H3. The Bertz CT molecular complexity index is 974. The van der Waals surface area contributed by atoms with Gasteiger partial charge in [-0.05, 0) is 39.0 Å². The van der Waals surface area contributed by atoms with E-state index in [1.807, 2.05) is 6.07 Å². The van der Waals surface area contributed by atoms with Gasteiger partial charge < -0.3 is 4.52 Å². The van der Waals surface area contributed by atoms with E-state index in [1.165, 1.54) is 11.3 Å². The highest BCUT2D eigenvalue weighted by molar-refractivity contribution is 7.93. The van der Waals surface area contributed by atoms with Crippen LogP contribution in [0.25, 0.3) is 10.1 Å². The molecule has 3 aromatic rings. The highest BCUT2D eigenvalue weighted by Crippen LogP contribution is 2.36. The first-order valence-corrected chi connectivity index (χ1v) is 9.11. The van der Waals surface area contributed by atoms with Crippen LogP contribution in [0.1, 0.15) is 16.1 Å². The highest BCUT2D eigenvalue weighted by Gasteiger charge is 2.25. The lowest BCUT2D eigenvalue weighted by Gasteiger charge is -2.06. The summed E-state index contributed by atoms with van der Waals surface area (Å²) in [6.45, 7) is 5.27. The Balaban J connectivity index is 2.15. The van der Waals surface area contributed by atoms with Crippen molar-refractivity contribution < 1.29 is 12.9 Å². The van der Waals surface area contributed by atoms with Crippen molar-refractivity contribution in [2.24, 2.45) is 0 Å². The number of hydrogen-bond donors (Lipinski definition) is 1. The van der Waals surface area contributed by atoms with Crippen LogP contribution in [0.15, 0.2) is 27.6 Å². The van der Waals surface area contributed by atoms with Gasteiger partial charge in [-0.15, -0.1) is 11.3 Å². The van der Waals surface area contributed by atoms with Gasteiger partial charge in [0.1, 0.15) is 4.90 Å². The van der Waals surface area contributed by atoms with E-state index in [9.17, 15) is 8.42 Å². The summed E-state index contributed by atoms with van der Waals surface area (Å²) >= 11 is 7.41. The van der Waals surface area contributed by atoms with E-state index in [0.717, 1.165) is 4.70 Å². The van der Waals surface area contributed by atoms with Crippen LogP contribution in [-0.2, 0) is 10.0 Å². The molecule has 0 saturated heterocycles. The van der Waals surface area contributed by atoms with Crippen LogP contribution in [-0.4, -0.2) is 13.6 Å². The molecule has 0 atom stereocenters. The maximum absolute atomic E-state index is 12.7. The van der Waals surface area contributed by atoms with Gasteiger partial charge in [-0.3, -0.25) is 0 Å². The van der Waals surface area contributed by atoms with Crippen molar-refractivity contribution in [3.63, 3.8) is 0 Å². The van der Waals surface area contributed by atoms with E-state index < -0.39 is 10.0 Å². The fourth-order valence-electron chi connectivity index (χ4n) is 2.19. The van der Waals surface area contributed by atoms with Crippen LogP contribution >= 0.6 is 22.9 Å². The molecule has 2 aromatic heterocycles. The molecule has 0 unspecified atom stereocenters. The van der Waals surface area contributed by atoms with Crippen molar-refractivity contribution in [1.82, 2.24) is 5.16 Å². The molecule has 0 aliphatic heterocycles. The summed E-state index contributed by atoms with van der Waals surface area (Å²) in [4.78, 5) is 0.919. The Hall–Kier alpha value is -1.57. The molecule has 0 amide bonds. The molecule has 1 N–H and O–H groups in total. The largest absolute Gasteiger partial charge is 0.337 e. The van der Waals surface area contributed by atoms with Gasteiger partial charge in [0.15, 0.2) is 0 Å². The second kappa shape index (κ2) is 5.26. The molecule has 8 heteroatoms. The van der Waals surface area contributed by atoms with E-state index >= 15 is 0 Å². The molecule has 3 rings (SSSR count). The molecule has 0 radical (unpaired) electrons. The number of hydrogen-bond acceptors (Lipinski definition) is 5. The van der Waals surface area contributed by atoms with Gasteiger partial charge in [-0.1, -0.05) is 16.8 Å². The third-order valence-electron chi connectivity index (χ3n) is 3.42. The quantitative estimate of drug-likeness (QED) is 0.760. The number of rotatable bonds is 3. The number of aryl methyl sites for hydroxylation is 2. The zero-order valence-electron chi connectivity index (χ0n) is 12.1. The maximum Gasteiger partial charge on any atom is 0.265 e. The first-order chi connectivity index (χ1) is 10.3. The van der Waals surface area contributed by atoms with Gasteiger partial charge in [-0.25, -0.2) is 13.1 Å². The maximum atomic E-state index is 12.7. The van der Waals surface area contributed by atoms with Crippen LogP contribution in [0.2, 0.25) is 5.02 Å². The van der Waals surface area contributed by atoms with Crippen LogP contribution < -0.4 is 4.72 Å². The Labute approximate surface area is 136 Å². The van der Waals surface area contributed by atoms with Crippen LogP contribution in [0.4, 0.5) is 5.88 Å². The van der Waals surface area contributed by atoms with Gasteiger partial charge >= 0.3 is 0 Å². The minimum absolute atomic E-state index is 0.137. The summed E-state index contributed by atoms with van der Waals surface area (Å²) in [6, 6.07) is 5.22. The van der Waals surface area contributed by atoms with Crippen molar-refractivity contribution in [2.75, 3.05) is 4.72 Å². The summed E-state index contributed by atoms with van der Waals surface area (Å²) in [5.74, 6) is 0.137. The van der Waals surface area contributed by atoms with E-state index in [-0.39, 0.29) is 10.8 Å². The first-order valence-electron chi connectivity index (χ1n) is 6.44. The number of thiophene rings is 1. The van der Waals surface area contributed by atoms with E-state index in [1.54, 1.807) is 32.9 Å². The number of aromatic nitrogens is 1. The summed E-state index contributed by atoms with van der Waals surface area (Å²) in [5, 5.41) is 4.86. The molecule has 0 bridgehead atoms. The molecule has 116 valence electrons. The second-order valence-electron chi connectivity index (χ2n) is 4.96. The second-order valence-corrected chi connectivity index (χ2v) is 8.27. The lowest BCUT2D eigenvalue weighted by atomic mass is 10.2. The highest BCUT2D eigenvalue weighted by atomic mass is 35.5.